The lowest BCUT2D eigenvalue weighted by Gasteiger charge is -2.32. The number of benzene rings is 3. The molecule has 0 radical (unpaired) electrons. The first-order valence-electron chi connectivity index (χ1n) is 12.1. The highest BCUT2D eigenvalue weighted by Gasteiger charge is 2.53. The number of rotatable bonds is 4. The second-order valence-electron chi connectivity index (χ2n) is 10.2. The van der Waals surface area contributed by atoms with E-state index in [4.69, 9.17) is 9.31 Å². The summed E-state index contributed by atoms with van der Waals surface area (Å²) in [7, 11) is -1.34. The second-order valence-corrected chi connectivity index (χ2v) is 10.2. The fourth-order valence-electron chi connectivity index (χ4n) is 4.20. The van der Waals surface area contributed by atoms with E-state index in [1.54, 1.807) is 33.8 Å². The van der Waals surface area contributed by atoms with Crippen molar-refractivity contribution in [1.29, 1.82) is 0 Å². The van der Waals surface area contributed by atoms with Crippen molar-refractivity contribution < 1.29 is 26.9 Å². The van der Waals surface area contributed by atoms with Crippen LogP contribution in [0.25, 0.3) is 33.9 Å². The Morgan fingerprint density at radius 3 is 1.63 bits per heavy atom. The molecule has 5 rings (SSSR count). The molecule has 194 valence electrons. The quantitative estimate of drug-likeness (QED) is 0.216. The zero-order valence-corrected chi connectivity index (χ0v) is 21.3. The van der Waals surface area contributed by atoms with Crippen LogP contribution in [0.15, 0.2) is 78.9 Å². The van der Waals surface area contributed by atoms with E-state index in [1.165, 1.54) is 0 Å². The lowest BCUT2D eigenvalue weighted by molar-refractivity contribution is -0.137. The molecule has 0 atom stereocenters. The monoisotopic (exact) mass is 520 g/mol. The number of aromatic nitrogens is 2. The van der Waals surface area contributed by atoms with Gasteiger partial charge in [-0.2, -0.15) is 13.2 Å². The van der Waals surface area contributed by atoms with Gasteiger partial charge in [-0.15, -0.1) is 0 Å². The Labute approximate surface area is 218 Å². The van der Waals surface area contributed by atoms with Gasteiger partial charge >= 0.3 is 13.3 Å². The Morgan fingerprint density at radius 2 is 1.18 bits per heavy atom. The van der Waals surface area contributed by atoms with E-state index in [2.05, 4.69) is 9.97 Å². The zero-order chi connectivity index (χ0) is 27.3. The molecule has 9 heteroatoms. The van der Waals surface area contributed by atoms with Gasteiger partial charge in [-0.3, -0.25) is 0 Å². The number of hydrogen-bond acceptors (Lipinski definition) is 4. The summed E-state index contributed by atoms with van der Waals surface area (Å²) in [5, 5.41) is 0. The van der Waals surface area contributed by atoms with Gasteiger partial charge in [0.05, 0.1) is 33.7 Å². The van der Waals surface area contributed by atoms with Crippen molar-refractivity contribution in [3.63, 3.8) is 0 Å². The molecule has 38 heavy (non-hydrogen) atoms. The zero-order valence-electron chi connectivity index (χ0n) is 21.3. The van der Waals surface area contributed by atoms with Crippen LogP contribution >= 0.6 is 0 Å². The number of halogens is 4. The van der Waals surface area contributed by atoms with Gasteiger partial charge in [-0.1, -0.05) is 60.7 Å². The Hall–Kier alpha value is -3.56. The van der Waals surface area contributed by atoms with Crippen LogP contribution in [0.4, 0.5) is 17.6 Å². The van der Waals surface area contributed by atoms with Crippen molar-refractivity contribution in [2.24, 2.45) is 0 Å². The molecule has 2 heterocycles. The average molecular weight is 520 g/mol. The number of alkyl halides is 3. The topological polar surface area (TPSA) is 44.2 Å². The highest BCUT2D eigenvalue weighted by molar-refractivity contribution is 6.62. The van der Waals surface area contributed by atoms with Crippen LogP contribution in [0.3, 0.4) is 0 Å². The largest absolute Gasteiger partial charge is 0.497 e. The maximum Gasteiger partial charge on any atom is 0.497 e. The number of hydrogen-bond donors (Lipinski definition) is 0. The molecule has 0 bridgehead atoms. The van der Waals surface area contributed by atoms with E-state index < -0.39 is 35.9 Å². The van der Waals surface area contributed by atoms with Crippen molar-refractivity contribution in [3.05, 3.63) is 90.2 Å². The third-order valence-corrected chi connectivity index (χ3v) is 7.04. The summed E-state index contributed by atoms with van der Waals surface area (Å²) < 4.78 is 70.0. The maximum atomic E-state index is 16.1. The van der Waals surface area contributed by atoms with E-state index in [9.17, 15) is 13.2 Å². The van der Waals surface area contributed by atoms with Gasteiger partial charge in [0.1, 0.15) is 5.82 Å². The SMILES string of the molecule is CC1(C)OB(c2cc(C(F)(F)F)cc(-c3nc(-c4ccccc4)cc(-c4ccccc4)n3)c2F)OC1(C)C. The first-order chi connectivity index (χ1) is 17.9. The summed E-state index contributed by atoms with van der Waals surface area (Å²) in [6.45, 7) is 6.99. The minimum Gasteiger partial charge on any atom is -0.399 e. The molecule has 1 aromatic heterocycles. The van der Waals surface area contributed by atoms with Crippen LogP contribution in [-0.2, 0) is 15.5 Å². The van der Waals surface area contributed by atoms with Crippen molar-refractivity contribution in [2.45, 2.75) is 45.1 Å². The van der Waals surface area contributed by atoms with E-state index in [-0.39, 0.29) is 16.9 Å². The summed E-state index contributed by atoms with van der Waals surface area (Å²) in [4.78, 5) is 9.02. The van der Waals surface area contributed by atoms with Crippen LogP contribution in [0.2, 0.25) is 0 Å². The molecule has 0 unspecified atom stereocenters. The van der Waals surface area contributed by atoms with Gasteiger partial charge in [0.15, 0.2) is 5.82 Å². The predicted molar refractivity (Wildman–Crippen MR) is 139 cm³/mol. The molecular weight excluding hydrogens is 495 g/mol. The van der Waals surface area contributed by atoms with Crippen LogP contribution in [0.5, 0.6) is 0 Å². The molecule has 3 aromatic carbocycles. The van der Waals surface area contributed by atoms with E-state index in [1.807, 2.05) is 60.7 Å². The molecule has 1 saturated heterocycles. The molecule has 0 N–H and O–H groups in total. The van der Waals surface area contributed by atoms with E-state index in [0.29, 0.717) is 22.5 Å². The molecule has 1 fully saturated rings. The third kappa shape index (κ3) is 4.84. The Kier molecular flexibility index (Phi) is 6.40. The fourth-order valence-corrected chi connectivity index (χ4v) is 4.20. The molecular formula is C29H25BF4N2O2. The lowest BCUT2D eigenvalue weighted by Crippen LogP contribution is -2.41. The van der Waals surface area contributed by atoms with Gasteiger partial charge in [0.25, 0.3) is 0 Å². The van der Waals surface area contributed by atoms with Crippen LogP contribution in [0, 0.1) is 5.82 Å². The minimum absolute atomic E-state index is 0.174. The van der Waals surface area contributed by atoms with Gasteiger partial charge in [-0.05, 0) is 45.9 Å². The first kappa shape index (κ1) is 26.1. The molecule has 0 aliphatic carbocycles. The lowest BCUT2D eigenvalue weighted by atomic mass is 9.76. The Morgan fingerprint density at radius 1 is 0.711 bits per heavy atom. The summed E-state index contributed by atoms with van der Waals surface area (Å²) in [5.41, 5.74) is -1.21. The Bertz CT molecular complexity index is 1400. The highest BCUT2D eigenvalue weighted by Crippen LogP contribution is 2.39. The van der Waals surface area contributed by atoms with Gasteiger partial charge < -0.3 is 9.31 Å². The van der Waals surface area contributed by atoms with E-state index >= 15 is 4.39 Å². The minimum atomic E-state index is -4.75. The standard InChI is InChI=1S/C29H25BF4N2O2/c1-27(2)28(3,4)38-30(37-27)22-16-20(29(32,33)34)15-21(25(22)31)26-35-23(18-11-7-5-8-12-18)17-24(36-26)19-13-9-6-10-14-19/h5-17H,1-4H3. The predicted octanol–water partition coefficient (Wildman–Crippen LogP) is 6.93. The summed E-state index contributed by atoms with van der Waals surface area (Å²) >= 11 is 0. The highest BCUT2D eigenvalue weighted by atomic mass is 19.4. The molecule has 0 saturated carbocycles. The third-order valence-electron chi connectivity index (χ3n) is 7.04. The summed E-state index contributed by atoms with van der Waals surface area (Å²) in [6, 6.07) is 21.4. The second kappa shape index (κ2) is 9.33. The molecule has 1 aliphatic rings. The Balaban J connectivity index is 1.74. The van der Waals surface area contributed by atoms with Crippen molar-refractivity contribution in [2.75, 3.05) is 0 Å². The molecule has 4 aromatic rings. The fraction of sp³-hybridized carbons (Fsp3) is 0.241. The van der Waals surface area contributed by atoms with E-state index in [0.717, 1.165) is 12.1 Å². The molecule has 0 amide bonds. The summed E-state index contributed by atoms with van der Waals surface area (Å²) in [5.74, 6) is -1.10. The van der Waals surface area contributed by atoms with Crippen LogP contribution in [0.1, 0.15) is 33.3 Å². The van der Waals surface area contributed by atoms with Crippen LogP contribution in [-0.4, -0.2) is 28.3 Å². The van der Waals surface area contributed by atoms with Gasteiger partial charge in [0.2, 0.25) is 0 Å². The van der Waals surface area contributed by atoms with Gasteiger partial charge in [-0.25, -0.2) is 14.4 Å². The smallest absolute Gasteiger partial charge is 0.399 e. The number of nitrogens with zero attached hydrogens (tertiary/aromatic N) is 2. The normalized spacial score (nSPS) is 16.6. The van der Waals surface area contributed by atoms with Gasteiger partial charge in [0, 0.05) is 16.6 Å². The van der Waals surface area contributed by atoms with Crippen molar-refractivity contribution >= 4 is 12.6 Å². The molecule has 0 spiro atoms. The molecule has 4 nitrogen and oxygen atoms in total. The maximum absolute atomic E-state index is 16.1. The first-order valence-corrected chi connectivity index (χ1v) is 12.1. The van der Waals surface area contributed by atoms with Crippen molar-refractivity contribution in [3.8, 4) is 33.9 Å². The molecule has 1 aliphatic heterocycles. The average Bonchev–Trinajstić information content (AvgIpc) is 3.10. The van der Waals surface area contributed by atoms with Crippen LogP contribution < -0.4 is 5.46 Å². The summed E-state index contributed by atoms with van der Waals surface area (Å²) in [6.07, 6.45) is -4.75. The van der Waals surface area contributed by atoms with Crippen molar-refractivity contribution in [1.82, 2.24) is 9.97 Å².